The van der Waals surface area contributed by atoms with Crippen molar-refractivity contribution in [2.75, 3.05) is 7.11 Å². The average molecular weight is 305 g/mol. The summed E-state index contributed by atoms with van der Waals surface area (Å²) in [6.45, 7) is 0. The lowest BCUT2D eigenvalue weighted by Gasteiger charge is -2.33. The van der Waals surface area contributed by atoms with E-state index in [0.29, 0.717) is 24.2 Å². The van der Waals surface area contributed by atoms with Crippen molar-refractivity contribution in [1.82, 2.24) is 0 Å². The Hall–Kier alpha value is -1.30. The lowest BCUT2D eigenvalue weighted by molar-refractivity contribution is -0.184. The van der Waals surface area contributed by atoms with Crippen LogP contribution in [0.1, 0.15) is 37.3 Å². The number of nitrogens with two attached hydrogens (primary N) is 1. The van der Waals surface area contributed by atoms with Crippen molar-refractivity contribution >= 4 is 0 Å². The number of alkyl halides is 3. The second-order valence-corrected chi connectivity index (χ2v) is 5.57. The van der Waals surface area contributed by atoms with Crippen LogP contribution in [0.25, 0.3) is 0 Å². The molecule has 118 valence electrons. The van der Waals surface area contributed by atoms with Crippen LogP contribution in [0.2, 0.25) is 0 Å². The Bertz CT molecular complexity index is 481. The minimum atomic E-state index is -4.14. The second kappa shape index (κ2) is 6.22. The molecule has 21 heavy (non-hydrogen) atoms. The molecule has 6 heteroatoms. The summed E-state index contributed by atoms with van der Waals surface area (Å²) in [6, 6.07) is 3.83. The molecule has 1 aromatic rings. The summed E-state index contributed by atoms with van der Waals surface area (Å²) in [5, 5.41) is 0. The molecule has 1 aliphatic rings. The third-order valence-electron chi connectivity index (χ3n) is 4.31. The molecule has 0 aliphatic heterocycles. The lowest BCUT2D eigenvalue weighted by atomic mass is 9.76. The Morgan fingerprint density at radius 3 is 2.29 bits per heavy atom. The van der Waals surface area contributed by atoms with Gasteiger partial charge in [-0.25, -0.2) is 4.39 Å². The van der Waals surface area contributed by atoms with Gasteiger partial charge in [-0.2, -0.15) is 13.2 Å². The van der Waals surface area contributed by atoms with Crippen LogP contribution in [0.15, 0.2) is 18.2 Å². The highest BCUT2D eigenvalue weighted by atomic mass is 19.4. The first-order chi connectivity index (χ1) is 9.82. The van der Waals surface area contributed by atoms with E-state index in [4.69, 9.17) is 10.5 Å². The quantitative estimate of drug-likeness (QED) is 0.849. The molecule has 1 atom stereocenters. The maximum absolute atomic E-state index is 14.0. The zero-order chi connectivity index (χ0) is 15.6. The van der Waals surface area contributed by atoms with Gasteiger partial charge in [0, 0.05) is 17.7 Å². The molecule has 0 radical (unpaired) electrons. The fraction of sp³-hybridized carbons (Fsp3) is 0.600. The van der Waals surface area contributed by atoms with Crippen LogP contribution in [0.3, 0.4) is 0 Å². The number of hydrogen-bond acceptors (Lipinski definition) is 2. The maximum atomic E-state index is 14.0. The third-order valence-corrected chi connectivity index (χ3v) is 4.31. The summed E-state index contributed by atoms with van der Waals surface area (Å²) in [5.41, 5.74) is 6.39. The van der Waals surface area contributed by atoms with Gasteiger partial charge in [-0.15, -0.1) is 0 Å². The zero-order valence-electron chi connectivity index (χ0n) is 11.8. The minimum absolute atomic E-state index is 0.0691. The summed E-state index contributed by atoms with van der Waals surface area (Å²) in [6.07, 6.45) is -3.26. The third kappa shape index (κ3) is 3.67. The van der Waals surface area contributed by atoms with E-state index < -0.39 is 24.0 Å². The molecule has 0 bridgehead atoms. The number of hydrogen-bond donors (Lipinski definition) is 1. The highest BCUT2D eigenvalue weighted by molar-refractivity contribution is 5.31. The van der Waals surface area contributed by atoms with E-state index in [1.807, 2.05) is 0 Å². The highest BCUT2D eigenvalue weighted by Gasteiger charge is 2.42. The molecule has 1 fully saturated rings. The first kappa shape index (κ1) is 16.1. The largest absolute Gasteiger partial charge is 0.497 e. The van der Waals surface area contributed by atoms with E-state index in [9.17, 15) is 17.6 Å². The van der Waals surface area contributed by atoms with Gasteiger partial charge in [0.2, 0.25) is 0 Å². The van der Waals surface area contributed by atoms with Gasteiger partial charge in [-0.1, -0.05) is 6.07 Å². The predicted molar refractivity (Wildman–Crippen MR) is 71.4 cm³/mol. The number of methoxy groups -OCH3 is 1. The van der Waals surface area contributed by atoms with Gasteiger partial charge in [0.1, 0.15) is 11.6 Å². The van der Waals surface area contributed by atoms with Gasteiger partial charge in [-0.05, 0) is 37.7 Å². The lowest BCUT2D eigenvalue weighted by Crippen LogP contribution is -2.32. The van der Waals surface area contributed by atoms with Gasteiger partial charge in [-0.3, -0.25) is 0 Å². The molecular formula is C15H19F4NO. The summed E-state index contributed by atoms with van der Waals surface area (Å²) in [5.74, 6) is -1.45. The predicted octanol–water partition coefficient (Wildman–Crippen LogP) is 4.20. The summed E-state index contributed by atoms with van der Waals surface area (Å²) in [7, 11) is 1.44. The van der Waals surface area contributed by atoms with Crippen molar-refractivity contribution in [2.45, 2.75) is 37.9 Å². The molecule has 1 unspecified atom stereocenters. The van der Waals surface area contributed by atoms with Gasteiger partial charge in [0.15, 0.2) is 0 Å². The zero-order valence-corrected chi connectivity index (χ0v) is 11.8. The van der Waals surface area contributed by atoms with E-state index in [0.717, 1.165) is 0 Å². The molecule has 0 amide bonds. The number of ether oxygens (including phenoxy) is 1. The van der Waals surface area contributed by atoms with Crippen LogP contribution in [0, 0.1) is 17.7 Å². The van der Waals surface area contributed by atoms with Crippen LogP contribution in [0.4, 0.5) is 17.6 Å². The van der Waals surface area contributed by atoms with Crippen LogP contribution < -0.4 is 10.5 Å². The first-order valence-electron chi connectivity index (χ1n) is 6.98. The molecule has 0 heterocycles. The Morgan fingerprint density at radius 1 is 1.19 bits per heavy atom. The van der Waals surface area contributed by atoms with E-state index in [-0.39, 0.29) is 18.8 Å². The number of halogens is 4. The average Bonchev–Trinajstić information content (AvgIpc) is 2.45. The molecule has 2 nitrogen and oxygen atoms in total. The maximum Gasteiger partial charge on any atom is 0.391 e. The second-order valence-electron chi connectivity index (χ2n) is 5.57. The van der Waals surface area contributed by atoms with Crippen molar-refractivity contribution in [3.63, 3.8) is 0 Å². The van der Waals surface area contributed by atoms with E-state index in [1.54, 1.807) is 12.1 Å². The van der Waals surface area contributed by atoms with Crippen LogP contribution in [-0.4, -0.2) is 13.3 Å². The molecule has 1 aromatic carbocycles. The number of rotatable bonds is 3. The monoisotopic (exact) mass is 305 g/mol. The van der Waals surface area contributed by atoms with Gasteiger partial charge in [0.05, 0.1) is 13.0 Å². The van der Waals surface area contributed by atoms with Gasteiger partial charge < -0.3 is 10.5 Å². The van der Waals surface area contributed by atoms with E-state index in [1.165, 1.54) is 13.2 Å². The van der Waals surface area contributed by atoms with Crippen LogP contribution in [0.5, 0.6) is 5.75 Å². The molecule has 0 saturated heterocycles. The SMILES string of the molecule is COc1ccc(C(N)C2CCC(C(F)(F)F)CC2)c(F)c1. The van der Waals surface area contributed by atoms with Gasteiger partial charge in [0.25, 0.3) is 0 Å². The first-order valence-corrected chi connectivity index (χ1v) is 6.98. The molecule has 0 aromatic heterocycles. The van der Waals surface area contributed by atoms with Crippen molar-refractivity contribution in [1.29, 1.82) is 0 Å². The molecule has 2 N–H and O–H groups in total. The smallest absolute Gasteiger partial charge is 0.391 e. The molecule has 2 rings (SSSR count). The summed E-state index contributed by atoms with van der Waals surface area (Å²) >= 11 is 0. The van der Waals surface area contributed by atoms with E-state index in [2.05, 4.69) is 0 Å². The van der Waals surface area contributed by atoms with Crippen molar-refractivity contribution in [2.24, 2.45) is 17.6 Å². The van der Waals surface area contributed by atoms with Crippen LogP contribution in [-0.2, 0) is 0 Å². The Morgan fingerprint density at radius 2 is 1.81 bits per heavy atom. The summed E-state index contributed by atoms with van der Waals surface area (Å²) in [4.78, 5) is 0. The fourth-order valence-electron chi connectivity index (χ4n) is 2.96. The molecular weight excluding hydrogens is 286 g/mol. The summed E-state index contributed by atoms with van der Waals surface area (Å²) < 4.78 is 56.8. The normalized spacial score (nSPS) is 24.7. The van der Waals surface area contributed by atoms with Crippen LogP contribution >= 0.6 is 0 Å². The Labute approximate surface area is 121 Å². The standard InChI is InChI=1S/C15H19F4NO/c1-21-11-6-7-12(13(16)8-11)14(20)9-2-4-10(5-3-9)15(17,18)19/h6-10,14H,2-5,20H2,1H3. The Kier molecular flexibility index (Phi) is 4.76. The number of benzene rings is 1. The van der Waals surface area contributed by atoms with Gasteiger partial charge >= 0.3 is 6.18 Å². The van der Waals surface area contributed by atoms with Crippen molar-refractivity contribution in [3.05, 3.63) is 29.6 Å². The minimum Gasteiger partial charge on any atom is -0.497 e. The van der Waals surface area contributed by atoms with Crippen molar-refractivity contribution < 1.29 is 22.3 Å². The van der Waals surface area contributed by atoms with E-state index >= 15 is 0 Å². The molecule has 1 saturated carbocycles. The fourth-order valence-corrected chi connectivity index (χ4v) is 2.96. The Balaban J connectivity index is 2.03. The topological polar surface area (TPSA) is 35.2 Å². The van der Waals surface area contributed by atoms with Crippen molar-refractivity contribution in [3.8, 4) is 5.75 Å². The molecule has 0 spiro atoms. The molecule has 1 aliphatic carbocycles. The highest BCUT2D eigenvalue weighted by Crippen LogP contribution is 2.42.